The van der Waals surface area contributed by atoms with Gasteiger partial charge >= 0.3 is 11.9 Å². The first-order chi connectivity index (χ1) is 11.9. The van der Waals surface area contributed by atoms with Crippen LogP contribution in [0.15, 0.2) is 22.6 Å². The van der Waals surface area contributed by atoms with Crippen molar-refractivity contribution in [3.63, 3.8) is 0 Å². The second-order valence-corrected chi connectivity index (χ2v) is 6.00. The summed E-state index contributed by atoms with van der Waals surface area (Å²) >= 11 is 3.25. The maximum Gasteiger partial charge on any atom is 0.356 e. The molecule has 1 aromatic heterocycles. The fourth-order valence-corrected chi connectivity index (χ4v) is 2.92. The number of aryl methyl sites for hydroxylation is 1. The minimum Gasteiger partial charge on any atom is -0.465 e. The standard InChI is InChI=1S/C15H19BrN4O5/c1-4-24-14(22)12-11(16)13(15(23)25-5-2)20(18-12)8-10(21)9-6-17-19(3)7-9/h6-7,12,18H,4-5,8H2,1-3H3. The molecule has 1 aromatic rings. The summed E-state index contributed by atoms with van der Waals surface area (Å²) in [7, 11) is 1.70. The third-order valence-corrected chi connectivity index (χ3v) is 4.19. The maximum absolute atomic E-state index is 12.4. The Morgan fingerprint density at radius 3 is 2.52 bits per heavy atom. The van der Waals surface area contributed by atoms with Crippen LogP contribution in [0.1, 0.15) is 24.2 Å². The van der Waals surface area contributed by atoms with Gasteiger partial charge in [-0.1, -0.05) is 15.9 Å². The van der Waals surface area contributed by atoms with E-state index in [0.717, 1.165) is 0 Å². The lowest BCUT2D eigenvalue weighted by Crippen LogP contribution is -2.45. The molecule has 0 aliphatic carbocycles. The van der Waals surface area contributed by atoms with Crippen LogP contribution in [0.5, 0.6) is 0 Å². The molecular formula is C15H19BrN4O5. The Balaban J connectivity index is 2.24. The summed E-state index contributed by atoms with van der Waals surface area (Å²) in [5.41, 5.74) is 3.27. The summed E-state index contributed by atoms with van der Waals surface area (Å²) in [6, 6.07) is -0.916. The van der Waals surface area contributed by atoms with Crippen molar-refractivity contribution in [2.45, 2.75) is 19.9 Å². The van der Waals surface area contributed by atoms with Crippen LogP contribution in [0.3, 0.4) is 0 Å². The van der Waals surface area contributed by atoms with E-state index in [9.17, 15) is 14.4 Å². The molecule has 1 atom stereocenters. The van der Waals surface area contributed by atoms with Crippen molar-refractivity contribution in [2.24, 2.45) is 7.05 Å². The Labute approximate surface area is 153 Å². The maximum atomic E-state index is 12.4. The van der Waals surface area contributed by atoms with Crippen LogP contribution in [0.4, 0.5) is 0 Å². The zero-order valence-corrected chi connectivity index (χ0v) is 15.7. The number of ketones is 1. The summed E-state index contributed by atoms with van der Waals surface area (Å²) in [6.07, 6.45) is 3.01. The number of carbonyl (C=O) groups excluding carboxylic acids is 3. The highest BCUT2D eigenvalue weighted by atomic mass is 79.9. The van der Waals surface area contributed by atoms with Gasteiger partial charge in [0.05, 0.1) is 36.0 Å². The zero-order valence-electron chi connectivity index (χ0n) is 14.1. The normalized spacial score (nSPS) is 17.0. The molecule has 0 radical (unpaired) electrons. The van der Waals surface area contributed by atoms with Gasteiger partial charge in [0.1, 0.15) is 0 Å². The number of ether oxygens (including phenoxy) is 2. The van der Waals surface area contributed by atoms with Gasteiger partial charge in [-0.3, -0.25) is 14.5 Å². The molecule has 0 spiro atoms. The highest BCUT2D eigenvalue weighted by Crippen LogP contribution is 2.28. The smallest absolute Gasteiger partial charge is 0.356 e. The third-order valence-electron chi connectivity index (χ3n) is 3.35. The van der Waals surface area contributed by atoms with Gasteiger partial charge in [0.15, 0.2) is 17.5 Å². The van der Waals surface area contributed by atoms with E-state index in [4.69, 9.17) is 9.47 Å². The quantitative estimate of drug-likeness (QED) is 0.508. The van der Waals surface area contributed by atoms with E-state index in [2.05, 4.69) is 26.5 Å². The van der Waals surface area contributed by atoms with Crippen LogP contribution >= 0.6 is 15.9 Å². The van der Waals surface area contributed by atoms with Gasteiger partial charge in [-0.15, -0.1) is 0 Å². The van der Waals surface area contributed by atoms with Crippen molar-refractivity contribution in [3.8, 4) is 0 Å². The Morgan fingerprint density at radius 2 is 1.96 bits per heavy atom. The first kappa shape index (κ1) is 19.1. The lowest BCUT2D eigenvalue weighted by Gasteiger charge is -2.21. The number of nitrogens with one attached hydrogen (secondary N) is 1. The van der Waals surface area contributed by atoms with Crippen LogP contribution < -0.4 is 5.43 Å². The van der Waals surface area contributed by atoms with Crippen LogP contribution in [-0.4, -0.2) is 58.3 Å². The second kappa shape index (κ2) is 8.26. The Bertz CT molecular complexity index is 715. The largest absolute Gasteiger partial charge is 0.465 e. The highest BCUT2D eigenvalue weighted by molar-refractivity contribution is 9.11. The fourth-order valence-electron chi connectivity index (χ4n) is 2.26. The number of halogens is 1. The van der Waals surface area contributed by atoms with Crippen molar-refractivity contribution in [2.75, 3.05) is 19.8 Å². The topological polar surface area (TPSA) is 103 Å². The van der Waals surface area contributed by atoms with Gasteiger partial charge in [-0.2, -0.15) is 5.10 Å². The van der Waals surface area contributed by atoms with Crippen LogP contribution in [0.25, 0.3) is 0 Å². The molecule has 136 valence electrons. The van der Waals surface area contributed by atoms with Crippen molar-refractivity contribution >= 4 is 33.7 Å². The molecule has 1 aliphatic rings. The molecule has 0 fully saturated rings. The van der Waals surface area contributed by atoms with E-state index in [1.807, 2.05) is 0 Å². The average Bonchev–Trinajstić information content (AvgIpc) is 3.12. The number of hydrogen-bond acceptors (Lipinski definition) is 8. The fraction of sp³-hybridized carbons (Fsp3) is 0.467. The summed E-state index contributed by atoms with van der Waals surface area (Å²) < 4.78 is 11.8. The van der Waals surface area contributed by atoms with E-state index < -0.39 is 18.0 Å². The van der Waals surface area contributed by atoms with Gasteiger partial charge in [0.25, 0.3) is 0 Å². The molecule has 0 bridgehead atoms. The van der Waals surface area contributed by atoms with Crippen molar-refractivity contribution in [1.82, 2.24) is 20.2 Å². The van der Waals surface area contributed by atoms with Crippen LogP contribution in [-0.2, 0) is 26.1 Å². The Morgan fingerprint density at radius 1 is 1.28 bits per heavy atom. The number of nitrogens with zero attached hydrogens (tertiary/aromatic N) is 3. The number of hydrazine groups is 1. The summed E-state index contributed by atoms with van der Waals surface area (Å²) in [5.74, 6) is -1.48. The molecule has 0 saturated carbocycles. The van der Waals surface area contributed by atoms with E-state index in [1.165, 1.54) is 15.9 Å². The van der Waals surface area contributed by atoms with Crippen molar-refractivity contribution in [1.29, 1.82) is 0 Å². The zero-order chi connectivity index (χ0) is 18.6. The first-order valence-electron chi connectivity index (χ1n) is 7.68. The lowest BCUT2D eigenvalue weighted by molar-refractivity contribution is -0.145. The molecule has 0 saturated heterocycles. The number of hydrogen-bond donors (Lipinski definition) is 1. The average molecular weight is 415 g/mol. The number of rotatable bonds is 7. The monoisotopic (exact) mass is 414 g/mol. The van der Waals surface area contributed by atoms with Crippen molar-refractivity contribution < 1.29 is 23.9 Å². The molecule has 10 heteroatoms. The molecule has 2 heterocycles. The van der Waals surface area contributed by atoms with Crippen molar-refractivity contribution in [3.05, 3.63) is 28.1 Å². The van der Waals surface area contributed by atoms with Crippen LogP contribution in [0.2, 0.25) is 0 Å². The molecule has 0 aromatic carbocycles. The number of carbonyl (C=O) groups is 3. The Hall–Kier alpha value is -2.20. The number of Topliss-reactive ketones (excluding diaryl/α,β-unsaturated/α-hetero) is 1. The van der Waals surface area contributed by atoms with Gasteiger partial charge in [0.2, 0.25) is 0 Å². The molecule has 9 nitrogen and oxygen atoms in total. The SMILES string of the molecule is CCOC(=O)C1=C(Br)C(C(=O)OCC)NN1CC(=O)c1cnn(C)c1. The van der Waals surface area contributed by atoms with E-state index >= 15 is 0 Å². The molecule has 1 aliphatic heterocycles. The van der Waals surface area contributed by atoms with Gasteiger partial charge in [-0.05, 0) is 13.8 Å². The van der Waals surface area contributed by atoms with Crippen LogP contribution in [0, 0.1) is 0 Å². The molecular weight excluding hydrogens is 396 g/mol. The number of esters is 2. The van der Waals surface area contributed by atoms with Gasteiger partial charge < -0.3 is 9.47 Å². The lowest BCUT2D eigenvalue weighted by atomic mass is 10.2. The minimum absolute atomic E-state index is 0.0668. The minimum atomic E-state index is -0.916. The first-order valence-corrected chi connectivity index (χ1v) is 8.47. The highest BCUT2D eigenvalue weighted by Gasteiger charge is 2.40. The second-order valence-electron chi connectivity index (χ2n) is 5.14. The molecule has 2 rings (SSSR count). The summed E-state index contributed by atoms with van der Waals surface area (Å²) in [5, 5.41) is 5.24. The molecule has 1 unspecified atom stereocenters. The number of aromatic nitrogens is 2. The summed E-state index contributed by atoms with van der Waals surface area (Å²) in [4.78, 5) is 36.7. The predicted octanol–water partition coefficient (Wildman–Crippen LogP) is 0.524. The van der Waals surface area contributed by atoms with Gasteiger partial charge in [0, 0.05) is 13.2 Å². The molecule has 0 amide bonds. The third kappa shape index (κ3) is 4.26. The predicted molar refractivity (Wildman–Crippen MR) is 90.4 cm³/mol. The van der Waals surface area contributed by atoms with E-state index in [1.54, 1.807) is 27.1 Å². The van der Waals surface area contributed by atoms with E-state index in [0.29, 0.717) is 5.56 Å². The molecule has 1 N–H and O–H groups in total. The molecule has 25 heavy (non-hydrogen) atoms. The van der Waals surface area contributed by atoms with E-state index in [-0.39, 0.29) is 35.7 Å². The summed E-state index contributed by atoms with van der Waals surface area (Å²) in [6.45, 7) is 3.53. The van der Waals surface area contributed by atoms with Gasteiger partial charge in [-0.25, -0.2) is 15.0 Å². The Kier molecular flexibility index (Phi) is 6.32.